The molecule has 2 N–H and O–H groups in total. The fourth-order valence-corrected chi connectivity index (χ4v) is 4.82. The van der Waals surface area contributed by atoms with Crippen LogP contribution in [0.1, 0.15) is 43.6 Å². The van der Waals surface area contributed by atoms with Gasteiger partial charge < -0.3 is 9.80 Å². The first-order chi connectivity index (χ1) is 13.7. The number of piperazine rings is 1. The minimum absolute atomic E-state index is 0.450. The molecule has 1 saturated heterocycles. The quantitative estimate of drug-likeness (QED) is 0.443. The van der Waals surface area contributed by atoms with Crippen molar-refractivity contribution < 1.29 is 5.21 Å². The van der Waals surface area contributed by atoms with Crippen molar-refractivity contribution in [2.75, 3.05) is 31.1 Å². The second-order valence-electron chi connectivity index (χ2n) is 7.33. The van der Waals surface area contributed by atoms with Crippen LogP contribution in [0.25, 0.3) is 0 Å². The second-order valence-corrected chi connectivity index (χ2v) is 8.21. The normalized spacial score (nSPS) is 19.1. The Morgan fingerprint density at radius 3 is 2.39 bits per heavy atom. The first-order valence-corrected chi connectivity index (χ1v) is 10.9. The van der Waals surface area contributed by atoms with Crippen LogP contribution in [0.5, 0.6) is 0 Å². The highest BCUT2D eigenvalue weighted by Crippen LogP contribution is 2.33. The molecule has 0 amide bonds. The molecule has 0 atom stereocenters. The summed E-state index contributed by atoms with van der Waals surface area (Å²) in [7, 11) is 0. The molecule has 2 fully saturated rings. The minimum Gasteiger partial charge on any atom is -0.350 e. The fourth-order valence-electron chi connectivity index (χ4n) is 4.04. The molecule has 1 aromatic carbocycles. The van der Waals surface area contributed by atoms with E-state index in [0.29, 0.717) is 30.1 Å². The van der Waals surface area contributed by atoms with Gasteiger partial charge in [0.2, 0.25) is 5.96 Å². The van der Waals surface area contributed by atoms with Crippen LogP contribution in [0.4, 0.5) is 11.5 Å². The van der Waals surface area contributed by atoms with Gasteiger partial charge in [0.05, 0.1) is 17.4 Å². The van der Waals surface area contributed by atoms with E-state index in [0.717, 1.165) is 36.3 Å². The summed E-state index contributed by atoms with van der Waals surface area (Å²) in [5.74, 6) is 1.88. The maximum absolute atomic E-state index is 9.61. The number of hydrogen-bond donors (Lipinski definition) is 2. The number of benzene rings is 1. The van der Waals surface area contributed by atoms with Crippen LogP contribution in [-0.2, 0) is 0 Å². The minimum atomic E-state index is 0.450. The van der Waals surface area contributed by atoms with Gasteiger partial charge in [-0.1, -0.05) is 43.0 Å². The highest BCUT2D eigenvalue weighted by atomic mass is 35.5. The summed E-state index contributed by atoms with van der Waals surface area (Å²) >= 11 is 7.20. The summed E-state index contributed by atoms with van der Waals surface area (Å²) < 4.78 is 8.28. The van der Waals surface area contributed by atoms with Gasteiger partial charge in [0, 0.05) is 26.2 Å². The predicted molar refractivity (Wildman–Crippen MR) is 113 cm³/mol. The largest absolute Gasteiger partial charge is 0.350 e. The molecule has 2 heterocycles. The Bertz CT molecular complexity index is 797. The molecule has 0 radical (unpaired) electrons. The zero-order valence-corrected chi connectivity index (χ0v) is 17.3. The molecular weight excluding hydrogens is 396 g/mol. The molecule has 150 valence electrons. The molecule has 0 unspecified atom stereocenters. The lowest BCUT2D eigenvalue weighted by Crippen LogP contribution is -2.52. The molecule has 0 bridgehead atoms. The van der Waals surface area contributed by atoms with E-state index in [9.17, 15) is 5.21 Å². The van der Waals surface area contributed by atoms with Crippen molar-refractivity contribution in [1.82, 2.24) is 19.1 Å². The first kappa shape index (κ1) is 19.4. The van der Waals surface area contributed by atoms with E-state index in [1.807, 2.05) is 17.0 Å². The average molecular weight is 421 g/mol. The molecule has 1 saturated carbocycles. The van der Waals surface area contributed by atoms with E-state index >= 15 is 0 Å². The molecule has 1 aromatic heterocycles. The van der Waals surface area contributed by atoms with E-state index in [1.165, 1.54) is 37.7 Å². The van der Waals surface area contributed by atoms with Crippen molar-refractivity contribution in [3.63, 3.8) is 0 Å². The van der Waals surface area contributed by atoms with Gasteiger partial charge in [-0.2, -0.15) is 8.75 Å². The van der Waals surface area contributed by atoms with E-state index in [2.05, 4.69) is 36.3 Å². The molecule has 1 aliphatic heterocycles. The molecule has 2 aliphatic rings. The molecule has 0 spiro atoms. The Balaban J connectivity index is 1.39. The Morgan fingerprint density at radius 2 is 1.79 bits per heavy atom. The highest BCUT2D eigenvalue weighted by molar-refractivity contribution is 6.99. The monoisotopic (exact) mass is 420 g/mol. The summed E-state index contributed by atoms with van der Waals surface area (Å²) in [5.41, 5.74) is 4.51. The maximum atomic E-state index is 9.61. The molecular formula is C19H25ClN6OS. The number of anilines is 1. The Morgan fingerprint density at radius 1 is 1.07 bits per heavy atom. The third-order valence-electron chi connectivity index (χ3n) is 5.62. The van der Waals surface area contributed by atoms with Gasteiger partial charge in [0.15, 0.2) is 11.0 Å². The number of hydrogen-bond acceptors (Lipinski definition) is 6. The Labute approximate surface area is 174 Å². The number of aromatic nitrogens is 2. The van der Waals surface area contributed by atoms with Crippen LogP contribution >= 0.6 is 23.3 Å². The Kier molecular flexibility index (Phi) is 6.29. The second kappa shape index (κ2) is 9.07. The Hall–Kier alpha value is -1.90. The topological polar surface area (TPSA) is 76.9 Å². The molecule has 2 aromatic rings. The van der Waals surface area contributed by atoms with E-state index in [-0.39, 0.29) is 0 Å². The van der Waals surface area contributed by atoms with Crippen LogP contribution in [0.3, 0.4) is 0 Å². The number of rotatable bonds is 3. The predicted octanol–water partition coefficient (Wildman–Crippen LogP) is 4.03. The number of guanidine groups is 1. The summed E-state index contributed by atoms with van der Waals surface area (Å²) in [4.78, 5) is 8.74. The standard InChI is InChI=1S/C19H25ClN6OS/c20-17-18(24-28-23-17)25-10-12-26(13-11-25)19(22-27)21-16-8-6-15(7-9-16)14-4-2-1-3-5-14/h6-9,14,27H,1-5,10-13H2,(H,21,22). The summed E-state index contributed by atoms with van der Waals surface area (Å²) in [5, 5.41) is 10.1. The average Bonchev–Trinajstić information content (AvgIpc) is 3.19. The lowest BCUT2D eigenvalue weighted by Gasteiger charge is -2.35. The van der Waals surface area contributed by atoms with Crippen molar-refractivity contribution in [3.05, 3.63) is 35.0 Å². The summed E-state index contributed by atoms with van der Waals surface area (Å²) in [6.07, 6.45) is 6.60. The SMILES string of the molecule is ONC(=Nc1ccc(C2CCCCC2)cc1)N1CCN(c2nsnc2Cl)CC1. The van der Waals surface area contributed by atoms with Crippen LogP contribution < -0.4 is 10.4 Å². The lowest BCUT2D eigenvalue weighted by atomic mass is 9.84. The van der Waals surface area contributed by atoms with Crippen LogP contribution in [0.2, 0.25) is 5.15 Å². The van der Waals surface area contributed by atoms with Crippen molar-refractivity contribution in [1.29, 1.82) is 0 Å². The molecule has 4 rings (SSSR count). The fraction of sp³-hybridized carbons (Fsp3) is 0.526. The molecule has 9 heteroatoms. The van der Waals surface area contributed by atoms with Crippen molar-refractivity contribution in [2.45, 2.75) is 38.0 Å². The number of nitrogens with one attached hydrogen (secondary N) is 1. The van der Waals surface area contributed by atoms with Crippen molar-refractivity contribution in [2.24, 2.45) is 4.99 Å². The molecule has 1 aliphatic carbocycles. The number of hydroxylamine groups is 1. The van der Waals surface area contributed by atoms with Gasteiger partial charge in [-0.05, 0) is 36.5 Å². The van der Waals surface area contributed by atoms with Gasteiger partial charge in [-0.15, -0.1) is 0 Å². The third kappa shape index (κ3) is 4.39. The third-order valence-corrected chi connectivity index (χ3v) is 6.49. The summed E-state index contributed by atoms with van der Waals surface area (Å²) in [6.45, 7) is 2.90. The van der Waals surface area contributed by atoms with Gasteiger partial charge >= 0.3 is 0 Å². The molecule has 28 heavy (non-hydrogen) atoms. The van der Waals surface area contributed by atoms with Crippen LogP contribution in [0.15, 0.2) is 29.3 Å². The van der Waals surface area contributed by atoms with E-state index in [1.54, 1.807) is 0 Å². The van der Waals surface area contributed by atoms with Crippen molar-refractivity contribution >= 4 is 40.8 Å². The van der Waals surface area contributed by atoms with Gasteiger partial charge in [0.1, 0.15) is 0 Å². The zero-order chi connectivity index (χ0) is 19.3. The van der Waals surface area contributed by atoms with Gasteiger partial charge in [0.25, 0.3) is 0 Å². The number of nitrogens with zero attached hydrogens (tertiary/aromatic N) is 5. The van der Waals surface area contributed by atoms with Gasteiger partial charge in [-0.3, -0.25) is 5.21 Å². The lowest BCUT2D eigenvalue weighted by molar-refractivity contribution is 0.207. The highest BCUT2D eigenvalue weighted by Gasteiger charge is 2.23. The smallest absolute Gasteiger partial charge is 0.223 e. The first-order valence-electron chi connectivity index (χ1n) is 9.81. The number of halogens is 1. The van der Waals surface area contributed by atoms with Crippen LogP contribution in [-0.4, -0.2) is 51.0 Å². The molecule has 7 nitrogen and oxygen atoms in total. The van der Waals surface area contributed by atoms with Crippen LogP contribution in [0, 0.1) is 0 Å². The van der Waals surface area contributed by atoms with E-state index < -0.39 is 0 Å². The van der Waals surface area contributed by atoms with E-state index in [4.69, 9.17) is 11.6 Å². The summed E-state index contributed by atoms with van der Waals surface area (Å²) in [6, 6.07) is 8.44. The zero-order valence-electron chi connectivity index (χ0n) is 15.7. The number of aliphatic imine (C=N–C) groups is 1. The maximum Gasteiger partial charge on any atom is 0.223 e. The van der Waals surface area contributed by atoms with Crippen molar-refractivity contribution in [3.8, 4) is 0 Å². The van der Waals surface area contributed by atoms with Gasteiger partial charge in [-0.25, -0.2) is 10.5 Å².